The van der Waals surface area contributed by atoms with Crippen molar-refractivity contribution in [3.05, 3.63) is 5.21 Å². The first kappa shape index (κ1) is 15.0. The molecule has 0 aliphatic carbocycles. The number of hydrazine groups is 1. The van der Waals surface area contributed by atoms with Gasteiger partial charge in [0.2, 0.25) is 5.28 Å². The van der Waals surface area contributed by atoms with E-state index in [-0.39, 0.29) is 17.4 Å². The number of carbonyl (C=O) groups is 2. The Labute approximate surface area is 109 Å². The molecule has 0 bridgehead atoms. The number of carbonyl (C=O) groups excluding carboxylic acids is 1. The summed E-state index contributed by atoms with van der Waals surface area (Å²) < 4.78 is 4.64. The number of hydrogen-bond acceptors (Lipinski definition) is 6. The maximum Gasteiger partial charge on any atom is 0.311 e. The van der Waals surface area contributed by atoms with Crippen LogP contribution in [0.25, 0.3) is 0 Å². The number of rotatable bonds is 6. The molecule has 1 N–H and O–H groups in total. The molecule has 0 radical (unpaired) electrons. The Morgan fingerprint density at radius 2 is 2.26 bits per heavy atom. The van der Waals surface area contributed by atoms with Crippen molar-refractivity contribution >= 4 is 11.9 Å². The molecule has 0 aromatic heterocycles. The lowest BCUT2D eigenvalue weighted by atomic mass is 10.1. The van der Waals surface area contributed by atoms with Crippen LogP contribution in [0.2, 0.25) is 0 Å². The minimum absolute atomic E-state index is 0.0808. The van der Waals surface area contributed by atoms with Crippen molar-refractivity contribution < 1.29 is 29.2 Å². The fourth-order valence-corrected chi connectivity index (χ4v) is 1.47. The van der Waals surface area contributed by atoms with Gasteiger partial charge in [0, 0.05) is 0 Å². The van der Waals surface area contributed by atoms with Gasteiger partial charge in [-0.1, -0.05) is 13.8 Å². The molecule has 0 amide bonds. The van der Waals surface area contributed by atoms with Crippen LogP contribution >= 0.6 is 0 Å². The summed E-state index contributed by atoms with van der Waals surface area (Å²) in [4.78, 5) is 26.5. The summed E-state index contributed by atoms with van der Waals surface area (Å²) >= 11 is 0. The van der Waals surface area contributed by atoms with Crippen LogP contribution in [0, 0.1) is 17.0 Å². The molecule has 1 heterocycles. The van der Waals surface area contributed by atoms with E-state index in [2.05, 4.69) is 14.9 Å². The van der Waals surface area contributed by atoms with E-state index in [0.29, 0.717) is 13.0 Å². The molecule has 0 aromatic rings. The maximum atomic E-state index is 11.4. The standard InChI is InChI=1S/C10H17N3O6/c1-7(2)10(16)18-6-19-11-13(17)12-4-3-8(5-12)9(14)15/h7-8H,3-6H2,1-2H3,(H,14,15)/b13-11-. The molecule has 1 fully saturated rings. The highest BCUT2D eigenvalue weighted by Gasteiger charge is 2.32. The number of carboxylic acid groups (broad SMARTS) is 1. The molecular weight excluding hydrogens is 258 g/mol. The summed E-state index contributed by atoms with van der Waals surface area (Å²) in [5.74, 6) is -2.27. The van der Waals surface area contributed by atoms with Gasteiger partial charge in [-0.15, -0.1) is 5.01 Å². The smallest absolute Gasteiger partial charge is 0.311 e. The average molecular weight is 275 g/mol. The zero-order chi connectivity index (χ0) is 14.4. The Hall–Kier alpha value is -2.06. The van der Waals surface area contributed by atoms with Crippen molar-refractivity contribution in [2.45, 2.75) is 20.3 Å². The molecule has 19 heavy (non-hydrogen) atoms. The molecule has 1 rings (SSSR count). The second kappa shape index (κ2) is 6.76. The summed E-state index contributed by atoms with van der Waals surface area (Å²) in [6.45, 7) is 3.24. The molecular formula is C10H17N3O6. The molecule has 108 valence electrons. The van der Waals surface area contributed by atoms with Gasteiger partial charge in [0.25, 0.3) is 6.79 Å². The van der Waals surface area contributed by atoms with Gasteiger partial charge in [-0.25, -0.2) is 0 Å². The summed E-state index contributed by atoms with van der Waals surface area (Å²) in [5, 5.41) is 24.5. The fraction of sp³-hybridized carbons (Fsp3) is 0.800. The normalized spacial score (nSPS) is 19.6. The van der Waals surface area contributed by atoms with E-state index < -0.39 is 24.6 Å². The molecule has 0 saturated carbocycles. The second-order valence-electron chi connectivity index (χ2n) is 4.44. The third-order valence-corrected chi connectivity index (χ3v) is 2.61. The van der Waals surface area contributed by atoms with Crippen molar-refractivity contribution in [3.8, 4) is 0 Å². The van der Waals surface area contributed by atoms with Crippen molar-refractivity contribution in [1.82, 2.24) is 5.01 Å². The van der Waals surface area contributed by atoms with Crippen LogP contribution in [0.15, 0.2) is 5.28 Å². The van der Waals surface area contributed by atoms with Crippen LogP contribution in [-0.2, 0) is 19.2 Å². The van der Waals surface area contributed by atoms with Crippen LogP contribution in [0.1, 0.15) is 20.3 Å². The van der Waals surface area contributed by atoms with Crippen molar-refractivity contribution in [1.29, 1.82) is 0 Å². The summed E-state index contributed by atoms with van der Waals surface area (Å²) in [5.41, 5.74) is 0. The van der Waals surface area contributed by atoms with Crippen LogP contribution in [0.5, 0.6) is 0 Å². The second-order valence-corrected chi connectivity index (χ2v) is 4.44. The van der Waals surface area contributed by atoms with E-state index in [1.165, 1.54) is 5.01 Å². The number of hydrogen-bond donors (Lipinski definition) is 1. The summed E-state index contributed by atoms with van der Waals surface area (Å²) in [7, 11) is 0. The van der Waals surface area contributed by atoms with Crippen LogP contribution < -0.4 is 0 Å². The van der Waals surface area contributed by atoms with Gasteiger partial charge in [0.15, 0.2) is 0 Å². The van der Waals surface area contributed by atoms with Gasteiger partial charge >= 0.3 is 11.9 Å². The highest BCUT2D eigenvalue weighted by atomic mass is 16.8. The number of nitrogens with zero attached hydrogens (tertiary/aromatic N) is 3. The highest BCUT2D eigenvalue weighted by molar-refractivity contribution is 5.71. The Balaban J connectivity index is 2.30. The zero-order valence-electron chi connectivity index (χ0n) is 10.8. The quantitative estimate of drug-likeness (QED) is 0.186. The Kier molecular flexibility index (Phi) is 5.34. The van der Waals surface area contributed by atoms with E-state index in [1.807, 2.05) is 0 Å². The fourth-order valence-electron chi connectivity index (χ4n) is 1.47. The average Bonchev–Trinajstić information content (AvgIpc) is 2.83. The van der Waals surface area contributed by atoms with E-state index >= 15 is 0 Å². The Morgan fingerprint density at radius 1 is 1.58 bits per heavy atom. The lowest BCUT2D eigenvalue weighted by molar-refractivity contribution is -0.708. The molecule has 1 aliphatic heterocycles. The minimum atomic E-state index is -0.942. The van der Waals surface area contributed by atoms with E-state index in [4.69, 9.17) is 5.11 Å². The van der Waals surface area contributed by atoms with Gasteiger partial charge in [-0.3, -0.25) is 9.59 Å². The first-order valence-electron chi connectivity index (χ1n) is 5.86. The largest absolute Gasteiger partial charge is 0.569 e. The SMILES string of the molecule is CC(C)C(=O)OCO/N=[N+](\[O-])N1CCC(C(=O)O)C1. The van der Waals surface area contributed by atoms with E-state index in [0.717, 1.165) is 0 Å². The molecule has 9 heteroatoms. The third kappa shape index (κ3) is 4.60. The monoisotopic (exact) mass is 275 g/mol. The molecule has 0 aromatic carbocycles. The lowest BCUT2D eigenvalue weighted by Crippen LogP contribution is -2.29. The van der Waals surface area contributed by atoms with Gasteiger partial charge in [0.05, 0.1) is 29.9 Å². The molecule has 1 saturated heterocycles. The number of ether oxygens (including phenoxy) is 1. The molecule has 1 aliphatic rings. The zero-order valence-corrected chi connectivity index (χ0v) is 10.8. The number of carboxylic acids is 1. The maximum absolute atomic E-state index is 11.4. The van der Waals surface area contributed by atoms with Crippen molar-refractivity contribution in [2.75, 3.05) is 19.9 Å². The van der Waals surface area contributed by atoms with Gasteiger partial charge in [0.1, 0.15) is 0 Å². The molecule has 0 spiro atoms. The molecule has 1 atom stereocenters. The highest BCUT2D eigenvalue weighted by Crippen LogP contribution is 2.16. The predicted octanol–water partition coefficient (Wildman–Crippen LogP) is 0.359. The minimum Gasteiger partial charge on any atom is -0.569 e. The number of aliphatic carboxylic acids is 1. The van der Waals surface area contributed by atoms with Gasteiger partial charge in [-0.2, -0.15) is 0 Å². The topological polar surface area (TPSA) is 114 Å². The summed E-state index contributed by atoms with van der Waals surface area (Å²) in [6.07, 6.45) is 0.381. The number of esters is 1. The van der Waals surface area contributed by atoms with Crippen LogP contribution in [-0.4, -0.2) is 46.9 Å². The molecule has 9 nitrogen and oxygen atoms in total. The van der Waals surface area contributed by atoms with E-state index in [1.54, 1.807) is 13.8 Å². The van der Waals surface area contributed by atoms with Gasteiger partial charge < -0.3 is 19.9 Å². The molecule has 1 unspecified atom stereocenters. The third-order valence-electron chi connectivity index (χ3n) is 2.61. The van der Waals surface area contributed by atoms with Crippen LogP contribution in [0.4, 0.5) is 0 Å². The van der Waals surface area contributed by atoms with Gasteiger partial charge in [-0.05, 0) is 6.42 Å². The van der Waals surface area contributed by atoms with Crippen LogP contribution in [0.3, 0.4) is 0 Å². The first-order valence-corrected chi connectivity index (χ1v) is 5.86. The van der Waals surface area contributed by atoms with E-state index in [9.17, 15) is 14.8 Å². The Bertz CT molecular complexity index is 370. The van der Waals surface area contributed by atoms with Crippen molar-refractivity contribution in [3.63, 3.8) is 0 Å². The lowest BCUT2D eigenvalue weighted by Gasteiger charge is -2.11. The van der Waals surface area contributed by atoms with Crippen molar-refractivity contribution in [2.24, 2.45) is 17.1 Å². The summed E-state index contributed by atoms with van der Waals surface area (Å²) in [6, 6.07) is 0. The first-order chi connectivity index (χ1) is 8.91. The Morgan fingerprint density at radius 3 is 2.79 bits per heavy atom. The predicted molar refractivity (Wildman–Crippen MR) is 60.3 cm³/mol.